The summed E-state index contributed by atoms with van der Waals surface area (Å²) in [6.07, 6.45) is -2.46. The van der Waals surface area contributed by atoms with Crippen molar-refractivity contribution in [2.24, 2.45) is 7.05 Å². The van der Waals surface area contributed by atoms with E-state index in [0.717, 1.165) is 5.56 Å². The molecule has 0 aliphatic rings. The summed E-state index contributed by atoms with van der Waals surface area (Å²) < 4.78 is 65.4. The zero-order chi connectivity index (χ0) is 19.3. The number of rotatable bonds is 3. The SMILES string of the molecule is CCS(=O)(=O)c1cc(C(F)(F)F)cnc1-c1nc2cc(C)cnc2n1C. The molecule has 0 aliphatic heterocycles. The van der Waals surface area contributed by atoms with Gasteiger partial charge in [-0.3, -0.25) is 4.98 Å². The number of imidazole rings is 1. The van der Waals surface area contributed by atoms with Gasteiger partial charge in [-0.2, -0.15) is 13.2 Å². The van der Waals surface area contributed by atoms with E-state index in [2.05, 4.69) is 15.0 Å². The van der Waals surface area contributed by atoms with Crippen molar-refractivity contribution in [3.05, 3.63) is 35.7 Å². The molecule has 0 radical (unpaired) electrons. The predicted octanol–water partition coefficient (Wildman–Crippen LogP) is 3.15. The quantitative estimate of drug-likeness (QED) is 0.693. The minimum absolute atomic E-state index is 0.127. The van der Waals surface area contributed by atoms with Crippen LogP contribution in [0.3, 0.4) is 0 Å². The third-order valence-corrected chi connectivity index (χ3v) is 5.69. The molecule has 0 saturated heterocycles. The second-order valence-electron chi connectivity index (χ2n) is 5.82. The number of alkyl halides is 3. The molecule has 0 saturated carbocycles. The Morgan fingerprint density at radius 3 is 2.46 bits per heavy atom. The lowest BCUT2D eigenvalue weighted by atomic mass is 10.2. The Balaban J connectivity index is 2.33. The van der Waals surface area contributed by atoms with Crippen LogP contribution in [0.2, 0.25) is 0 Å². The maximum absolute atomic E-state index is 13.0. The van der Waals surface area contributed by atoms with E-state index in [9.17, 15) is 21.6 Å². The number of hydrogen-bond donors (Lipinski definition) is 0. The topological polar surface area (TPSA) is 77.7 Å². The molecule has 0 spiro atoms. The van der Waals surface area contributed by atoms with Crippen molar-refractivity contribution in [2.75, 3.05) is 5.75 Å². The van der Waals surface area contributed by atoms with Crippen LogP contribution in [-0.2, 0) is 23.1 Å². The monoisotopic (exact) mass is 384 g/mol. The van der Waals surface area contributed by atoms with Crippen LogP contribution in [0.4, 0.5) is 13.2 Å². The van der Waals surface area contributed by atoms with Gasteiger partial charge in [0.05, 0.1) is 16.2 Å². The molecule has 0 atom stereocenters. The number of sulfone groups is 1. The highest BCUT2D eigenvalue weighted by Gasteiger charge is 2.34. The highest BCUT2D eigenvalue weighted by molar-refractivity contribution is 7.91. The Kier molecular flexibility index (Phi) is 4.26. The summed E-state index contributed by atoms with van der Waals surface area (Å²) in [6.45, 7) is 3.18. The Hall–Kier alpha value is -2.49. The van der Waals surface area contributed by atoms with E-state index in [4.69, 9.17) is 0 Å². The van der Waals surface area contributed by atoms with E-state index in [1.807, 2.05) is 6.92 Å². The molecular formula is C16H15F3N4O2S. The van der Waals surface area contributed by atoms with Crippen molar-refractivity contribution >= 4 is 21.0 Å². The van der Waals surface area contributed by atoms with E-state index < -0.39 is 26.5 Å². The molecule has 3 heterocycles. The van der Waals surface area contributed by atoms with Gasteiger partial charge in [0, 0.05) is 19.4 Å². The maximum Gasteiger partial charge on any atom is 0.417 e. The molecular weight excluding hydrogens is 369 g/mol. The summed E-state index contributed by atoms with van der Waals surface area (Å²) in [6, 6.07) is 2.36. The summed E-state index contributed by atoms with van der Waals surface area (Å²) in [7, 11) is -2.35. The average molecular weight is 384 g/mol. The third kappa shape index (κ3) is 3.05. The first-order chi connectivity index (χ1) is 12.0. The second-order valence-corrected chi connectivity index (χ2v) is 8.07. The fraction of sp³-hybridized carbons (Fsp3) is 0.312. The van der Waals surface area contributed by atoms with Gasteiger partial charge in [-0.05, 0) is 24.6 Å². The van der Waals surface area contributed by atoms with Crippen LogP contribution in [-0.4, -0.2) is 33.7 Å². The molecule has 0 bridgehead atoms. The van der Waals surface area contributed by atoms with Gasteiger partial charge in [-0.15, -0.1) is 0 Å². The second kappa shape index (κ2) is 6.04. The number of aromatic nitrogens is 4. The highest BCUT2D eigenvalue weighted by Crippen LogP contribution is 2.34. The first-order valence-corrected chi connectivity index (χ1v) is 9.29. The normalized spacial score (nSPS) is 12.7. The molecule has 0 aromatic carbocycles. The minimum atomic E-state index is -4.70. The lowest BCUT2D eigenvalue weighted by Gasteiger charge is -2.12. The zero-order valence-corrected chi connectivity index (χ0v) is 15.0. The van der Waals surface area contributed by atoms with E-state index in [1.165, 1.54) is 11.5 Å². The smallest absolute Gasteiger partial charge is 0.310 e. The summed E-state index contributed by atoms with van der Waals surface area (Å²) >= 11 is 0. The largest absolute Gasteiger partial charge is 0.417 e. The van der Waals surface area contributed by atoms with E-state index in [1.54, 1.807) is 19.3 Å². The molecule has 3 rings (SSSR count). The Morgan fingerprint density at radius 1 is 1.15 bits per heavy atom. The van der Waals surface area contributed by atoms with Gasteiger partial charge < -0.3 is 4.57 Å². The summed E-state index contributed by atoms with van der Waals surface area (Å²) in [4.78, 5) is 11.9. The van der Waals surface area contributed by atoms with E-state index in [0.29, 0.717) is 23.4 Å². The summed E-state index contributed by atoms with van der Waals surface area (Å²) in [5.74, 6) is -0.219. The zero-order valence-electron chi connectivity index (χ0n) is 14.2. The van der Waals surface area contributed by atoms with Gasteiger partial charge in [0.15, 0.2) is 21.3 Å². The Labute approximate surface area is 147 Å². The van der Waals surface area contributed by atoms with Crippen LogP contribution < -0.4 is 0 Å². The van der Waals surface area contributed by atoms with Gasteiger partial charge in [-0.25, -0.2) is 18.4 Å². The lowest BCUT2D eigenvalue weighted by Crippen LogP contribution is -2.13. The lowest BCUT2D eigenvalue weighted by molar-refractivity contribution is -0.138. The van der Waals surface area contributed by atoms with Crippen LogP contribution in [0.5, 0.6) is 0 Å². The predicted molar refractivity (Wildman–Crippen MR) is 89.2 cm³/mol. The molecule has 0 aliphatic carbocycles. The Bertz CT molecular complexity index is 1100. The van der Waals surface area contributed by atoms with Crippen LogP contribution in [0, 0.1) is 6.92 Å². The summed E-state index contributed by atoms with van der Waals surface area (Å²) in [5.41, 5.74) is 0.583. The molecule has 6 nitrogen and oxygen atoms in total. The number of aryl methyl sites for hydroxylation is 2. The third-order valence-electron chi connectivity index (χ3n) is 3.95. The molecule has 0 fully saturated rings. The summed E-state index contributed by atoms with van der Waals surface area (Å²) in [5, 5.41) is 0. The van der Waals surface area contributed by atoms with Gasteiger partial charge in [0.25, 0.3) is 0 Å². The minimum Gasteiger partial charge on any atom is -0.310 e. The van der Waals surface area contributed by atoms with Crippen molar-refractivity contribution in [3.8, 4) is 11.5 Å². The molecule has 138 valence electrons. The van der Waals surface area contributed by atoms with Crippen LogP contribution in [0.15, 0.2) is 29.4 Å². The Morgan fingerprint density at radius 2 is 1.85 bits per heavy atom. The number of fused-ring (bicyclic) bond motifs is 1. The molecule has 3 aromatic rings. The van der Waals surface area contributed by atoms with Crippen molar-refractivity contribution < 1.29 is 21.6 Å². The van der Waals surface area contributed by atoms with Crippen LogP contribution in [0.25, 0.3) is 22.7 Å². The van der Waals surface area contributed by atoms with E-state index in [-0.39, 0.29) is 17.3 Å². The molecule has 26 heavy (non-hydrogen) atoms. The van der Waals surface area contributed by atoms with E-state index >= 15 is 0 Å². The molecule has 0 unspecified atom stereocenters. The maximum atomic E-state index is 13.0. The van der Waals surface area contributed by atoms with Gasteiger partial charge in [-0.1, -0.05) is 6.92 Å². The first kappa shape index (κ1) is 18.3. The fourth-order valence-electron chi connectivity index (χ4n) is 2.55. The average Bonchev–Trinajstić information content (AvgIpc) is 2.89. The number of halogens is 3. The van der Waals surface area contributed by atoms with Gasteiger partial charge in [0.1, 0.15) is 11.2 Å². The van der Waals surface area contributed by atoms with Crippen molar-refractivity contribution in [2.45, 2.75) is 24.9 Å². The standard InChI is InChI=1S/C16H15F3N4O2S/c1-4-26(24,25)12-6-10(16(17,18)19)8-20-13(12)15-22-11-5-9(2)7-21-14(11)23(15)3/h5-8H,4H2,1-3H3. The first-order valence-electron chi connectivity index (χ1n) is 7.64. The fourth-order valence-corrected chi connectivity index (χ4v) is 3.60. The number of hydrogen-bond acceptors (Lipinski definition) is 5. The molecule has 3 aromatic heterocycles. The van der Waals surface area contributed by atoms with Crippen LogP contribution >= 0.6 is 0 Å². The number of pyridine rings is 2. The van der Waals surface area contributed by atoms with Crippen molar-refractivity contribution in [3.63, 3.8) is 0 Å². The van der Waals surface area contributed by atoms with Crippen molar-refractivity contribution in [1.82, 2.24) is 19.5 Å². The number of nitrogens with zero attached hydrogens (tertiary/aromatic N) is 4. The van der Waals surface area contributed by atoms with Gasteiger partial charge in [0.2, 0.25) is 0 Å². The highest BCUT2D eigenvalue weighted by atomic mass is 32.2. The van der Waals surface area contributed by atoms with Crippen LogP contribution in [0.1, 0.15) is 18.1 Å². The van der Waals surface area contributed by atoms with Gasteiger partial charge >= 0.3 is 6.18 Å². The molecule has 0 amide bonds. The molecule has 10 heteroatoms. The molecule has 0 N–H and O–H groups in total. The van der Waals surface area contributed by atoms with Crippen molar-refractivity contribution in [1.29, 1.82) is 0 Å².